The van der Waals surface area contributed by atoms with E-state index < -0.39 is 9.84 Å². The van der Waals surface area contributed by atoms with Gasteiger partial charge in [0.2, 0.25) is 0 Å². The van der Waals surface area contributed by atoms with Crippen LogP contribution >= 0.6 is 11.6 Å². The normalized spacial score (nSPS) is 12.9. The monoisotopic (exact) mass is 323 g/mol. The zero-order valence-corrected chi connectivity index (χ0v) is 13.6. The van der Waals surface area contributed by atoms with E-state index in [1.165, 1.54) is 6.26 Å². The van der Waals surface area contributed by atoms with Crippen LogP contribution in [0.3, 0.4) is 0 Å². The lowest BCUT2D eigenvalue weighted by Crippen LogP contribution is -2.10. The van der Waals surface area contributed by atoms with Crippen LogP contribution in [0.4, 0.5) is 5.69 Å². The molecule has 3 nitrogen and oxygen atoms in total. The van der Waals surface area contributed by atoms with E-state index >= 15 is 0 Å². The highest BCUT2D eigenvalue weighted by Crippen LogP contribution is 2.25. The minimum atomic E-state index is -3.20. The molecule has 5 heteroatoms. The Hall–Kier alpha value is -1.52. The standard InChI is InChI=1S/C16H18ClNO2S/c1-3-16(12-7-9-13(17)10-8-12)18-14-5-4-6-15(11-14)21(2,19)20/h4-11,16,18H,3H2,1-2H3. The number of rotatable bonds is 5. The van der Waals surface area contributed by atoms with Crippen molar-refractivity contribution < 1.29 is 8.42 Å². The Bertz CT molecular complexity index is 711. The zero-order valence-electron chi connectivity index (χ0n) is 12.0. The quantitative estimate of drug-likeness (QED) is 0.892. The first-order valence-electron chi connectivity index (χ1n) is 6.72. The second kappa shape index (κ2) is 6.50. The van der Waals surface area contributed by atoms with E-state index in [1.54, 1.807) is 18.2 Å². The Kier molecular flexibility index (Phi) is 4.91. The molecule has 2 aromatic rings. The van der Waals surface area contributed by atoms with Crippen LogP contribution in [0.1, 0.15) is 24.9 Å². The molecule has 0 bridgehead atoms. The van der Waals surface area contributed by atoms with Gasteiger partial charge in [0.25, 0.3) is 0 Å². The molecule has 0 aliphatic rings. The maximum atomic E-state index is 11.6. The zero-order chi connectivity index (χ0) is 15.5. The predicted molar refractivity (Wildman–Crippen MR) is 87.7 cm³/mol. The van der Waals surface area contributed by atoms with Crippen molar-refractivity contribution in [3.63, 3.8) is 0 Å². The smallest absolute Gasteiger partial charge is 0.175 e. The molecule has 2 rings (SSSR count). The first-order chi connectivity index (χ1) is 9.90. The lowest BCUT2D eigenvalue weighted by molar-refractivity contribution is 0.602. The van der Waals surface area contributed by atoms with Crippen molar-refractivity contribution >= 4 is 27.1 Å². The summed E-state index contributed by atoms with van der Waals surface area (Å²) in [5, 5.41) is 4.07. The number of hydrogen-bond acceptors (Lipinski definition) is 3. The Balaban J connectivity index is 2.25. The van der Waals surface area contributed by atoms with Gasteiger partial charge in [-0.2, -0.15) is 0 Å². The molecular weight excluding hydrogens is 306 g/mol. The molecule has 0 radical (unpaired) electrons. The molecule has 0 saturated carbocycles. The average molecular weight is 324 g/mol. The number of nitrogens with one attached hydrogen (secondary N) is 1. The van der Waals surface area contributed by atoms with Gasteiger partial charge in [0.1, 0.15) is 0 Å². The second-order valence-corrected chi connectivity index (χ2v) is 7.41. The third kappa shape index (κ3) is 4.22. The summed E-state index contributed by atoms with van der Waals surface area (Å²) in [6.07, 6.45) is 2.09. The van der Waals surface area contributed by atoms with Gasteiger partial charge in [0, 0.05) is 17.0 Å². The van der Waals surface area contributed by atoms with Crippen molar-refractivity contribution in [2.75, 3.05) is 11.6 Å². The summed E-state index contributed by atoms with van der Waals surface area (Å²) in [5.41, 5.74) is 1.91. The number of sulfone groups is 1. The van der Waals surface area contributed by atoms with E-state index in [-0.39, 0.29) is 6.04 Å². The molecule has 112 valence electrons. The van der Waals surface area contributed by atoms with Crippen molar-refractivity contribution in [3.8, 4) is 0 Å². The largest absolute Gasteiger partial charge is 0.378 e. The van der Waals surface area contributed by atoms with Gasteiger partial charge in [-0.15, -0.1) is 0 Å². The minimum absolute atomic E-state index is 0.108. The fourth-order valence-electron chi connectivity index (χ4n) is 2.13. The predicted octanol–water partition coefficient (Wildman–Crippen LogP) is 4.31. The van der Waals surface area contributed by atoms with Gasteiger partial charge in [-0.25, -0.2) is 8.42 Å². The van der Waals surface area contributed by atoms with Crippen molar-refractivity contribution in [3.05, 3.63) is 59.1 Å². The molecule has 0 aliphatic carbocycles. The van der Waals surface area contributed by atoms with Crippen molar-refractivity contribution in [2.45, 2.75) is 24.3 Å². The summed E-state index contributed by atoms with van der Waals surface area (Å²) in [6, 6.07) is 14.6. The molecule has 21 heavy (non-hydrogen) atoms. The second-order valence-electron chi connectivity index (χ2n) is 4.96. The fraction of sp³-hybridized carbons (Fsp3) is 0.250. The number of benzene rings is 2. The van der Waals surface area contributed by atoms with Crippen molar-refractivity contribution in [1.82, 2.24) is 0 Å². The third-order valence-electron chi connectivity index (χ3n) is 3.28. The molecule has 0 aromatic heterocycles. The summed E-state index contributed by atoms with van der Waals surface area (Å²) in [4.78, 5) is 0.318. The van der Waals surface area contributed by atoms with Crippen LogP contribution in [0.2, 0.25) is 5.02 Å². The molecule has 2 aromatic carbocycles. The van der Waals surface area contributed by atoms with Crippen molar-refractivity contribution in [1.29, 1.82) is 0 Å². The Morgan fingerprint density at radius 2 is 1.81 bits per heavy atom. The number of anilines is 1. The molecule has 1 atom stereocenters. The Labute approximate surface area is 130 Å². The lowest BCUT2D eigenvalue weighted by atomic mass is 10.0. The first-order valence-corrected chi connectivity index (χ1v) is 8.99. The van der Waals surface area contributed by atoms with Gasteiger partial charge in [-0.3, -0.25) is 0 Å². The number of halogens is 1. The van der Waals surface area contributed by atoms with Gasteiger partial charge < -0.3 is 5.32 Å². The molecule has 0 amide bonds. The fourth-order valence-corrected chi connectivity index (χ4v) is 2.93. The molecular formula is C16H18ClNO2S. The van der Waals surface area contributed by atoms with Crippen LogP contribution < -0.4 is 5.32 Å². The summed E-state index contributed by atoms with van der Waals surface area (Å²) < 4.78 is 23.2. The third-order valence-corrected chi connectivity index (χ3v) is 4.65. The maximum absolute atomic E-state index is 11.6. The maximum Gasteiger partial charge on any atom is 0.175 e. The lowest BCUT2D eigenvalue weighted by Gasteiger charge is -2.19. The Morgan fingerprint density at radius 3 is 2.38 bits per heavy atom. The van der Waals surface area contributed by atoms with Crippen LogP contribution in [-0.2, 0) is 9.84 Å². The molecule has 0 spiro atoms. The van der Waals surface area contributed by atoms with Crippen LogP contribution in [-0.4, -0.2) is 14.7 Å². The van der Waals surface area contributed by atoms with Gasteiger partial charge in [-0.05, 0) is 42.3 Å². The molecule has 1 N–H and O–H groups in total. The highest BCUT2D eigenvalue weighted by Gasteiger charge is 2.11. The van der Waals surface area contributed by atoms with Gasteiger partial charge in [0.15, 0.2) is 9.84 Å². The average Bonchev–Trinajstić information content (AvgIpc) is 2.45. The molecule has 0 heterocycles. The first kappa shape index (κ1) is 15.9. The van der Waals surface area contributed by atoms with Gasteiger partial charge in [-0.1, -0.05) is 36.7 Å². The molecule has 0 saturated heterocycles. The van der Waals surface area contributed by atoms with Gasteiger partial charge in [0.05, 0.1) is 10.9 Å². The molecule has 0 fully saturated rings. The Morgan fingerprint density at radius 1 is 1.14 bits per heavy atom. The van der Waals surface area contributed by atoms with E-state index in [4.69, 9.17) is 11.6 Å². The summed E-state index contributed by atoms with van der Waals surface area (Å²) in [6.45, 7) is 2.08. The van der Waals surface area contributed by atoms with E-state index in [2.05, 4.69) is 12.2 Å². The minimum Gasteiger partial charge on any atom is -0.378 e. The summed E-state index contributed by atoms with van der Waals surface area (Å²) in [5.74, 6) is 0. The van der Waals surface area contributed by atoms with E-state index in [9.17, 15) is 8.42 Å². The van der Waals surface area contributed by atoms with Crippen molar-refractivity contribution in [2.24, 2.45) is 0 Å². The van der Waals surface area contributed by atoms with Gasteiger partial charge >= 0.3 is 0 Å². The van der Waals surface area contributed by atoms with Crippen LogP contribution in [0.25, 0.3) is 0 Å². The molecule has 1 unspecified atom stereocenters. The summed E-state index contributed by atoms with van der Waals surface area (Å²) in [7, 11) is -3.20. The van der Waals surface area contributed by atoms with E-state index in [1.807, 2.05) is 30.3 Å². The van der Waals surface area contributed by atoms with Crippen LogP contribution in [0.15, 0.2) is 53.4 Å². The highest BCUT2D eigenvalue weighted by atomic mass is 35.5. The van der Waals surface area contributed by atoms with Crippen LogP contribution in [0.5, 0.6) is 0 Å². The number of hydrogen-bond donors (Lipinski definition) is 1. The van der Waals surface area contributed by atoms with E-state index in [0.717, 1.165) is 17.7 Å². The molecule has 0 aliphatic heterocycles. The highest BCUT2D eigenvalue weighted by molar-refractivity contribution is 7.90. The van der Waals surface area contributed by atoms with E-state index in [0.29, 0.717) is 9.92 Å². The SMILES string of the molecule is CCC(Nc1cccc(S(C)(=O)=O)c1)c1ccc(Cl)cc1. The summed E-state index contributed by atoms with van der Waals surface area (Å²) >= 11 is 5.90. The van der Waals surface area contributed by atoms with Crippen LogP contribution in [0, 0.1) is 0 Å². The topological polar surface area (TPSA) is 46.2 Å².